The van der Waals surface area contributed by atoms with Crippen LogP contribution in [-0.2, 0) is 21.2 Å². The van der Waals surface area contributed by atoms with Gasteiger partial charge < -0.3 is 10.1 Å². The first-order chi connectivity index (χ1) is 12.7. The van der Waals surface area contributed by atoms with Crippen LogP contribution in [0.25, 0.3) is 0 Å². The molecule has 27 heavy (non-hydrogen) atoms. The maximum atomic E-state index is 13.6. The molecule has 2 aromatic carbocycles. The van der Waals surface area contributed by atoms with E-state index in [2.05, 4.69) is 5.32 Å². The lowest BCUT2D eigenvalue weighted by atomic mass is 10.0. The molecule has 1 amide bonds. The van der Waals surface area contributed by atoms with Crippen molar-refractivity contribution in [2.24, 2.45) is 0 Å². The highest BCUT2D eigenvalue weighted by atomic mass is 32.2. The van der Waals surface area contributed by atoms with Crippen LogP contribution in [0, 0.1) is 5.82 Å². The fourth-order valence-electron chi connectivity index (χ4n) is 3.52. The molecule has 0 aromatic heterocycles. The highest BCUT2D eigenvalue weighted by molar-refractivity contribution is 7.93. The smallest absolute Gasteiger partial charge is 0.268 e. The molecule has 0 fully saturated rings. The number of hydrogen-bond acceptors (Lipinski definition) is 4. The summed E-state index contributed by atoms with van der Waals surface area (Å²) in [6, 6.07) is 8.69. The molecule has 0 bridgehead atoms. The minimum Gasteiger partial charge on any atom is -0.486 e. The zero-order valence-corrected chi connectivity index (χ0v) is 15.8. The van der Waals surface area contributed by atoms with Gasteiger partial charge in [0.2, 0.25) is 5.91 Å². The molecule has 8 heteroatoms. The molecule has 0 saturated carbocycles. The summed E-state index contributed by atoms with van der Waals surface area (Å²) in [5.74, 6) is -0.580. The van der Waals surface area contributed by atoms with Gasteiger partial charge in [-0.25, -0.2) is 12.8 Å². The number of halogens is 1. The van der Waals surface area contributed by atoms with E-state index in [1.165, 1.54) is 18.2 Å². The number of sulfonamides is 1. The zero-order chi connectivity index (χ0) is 19.4. The van der Waals surface area contributed by atoms with Gasteiger partial charge >= 0.3 is 0 Å². The van der Waals surface area contributed by atoms with E-state index in [0.717, 1.165) is 15.9 Å². The first-order valence-electron chi connectivity index (χ1n) is 8.60. The number of anilines is 2. The highest BCUT2D eigenvalue weighted by Crippen LogP contribution is 2.42. The first-order valence-corrected chi connectivity index (χ1v) is 10.0. The number of ether oxygens (including phenoxy) is 1. The van der Waals surface area contributed by atoms with E-state index in [4.69, 9.17) is 4.74 Å². The van der Waals surface area contributed by atoms with Gasteiger partial charge in [-0.15, -0.1) is 0 Å². The van der Waals surface area contributed by atoms with Gasteiger partial charge in [-0.3, -0.25) is 9.10 Å². The summed E-state index contributed by atoms with van der Waals surface area (Å²) < 4.78 is 47.6. The summed E-state index contributed by atoms with van der Waals surface area (Å²) in [6.45, 7) is 3.76. The number of hydrogen-bond donors (Lipinski definition) is 1. The van der Waals surface area contributed by atoms with Crippen molar-refractivity contribution >= 4 is 27.3 Å². The maximum Gasteiger partial charge on any atom is 0.268 e. The summed E-state index contributed by atoms with van der Waals surface area (Å²) in [6.07, 6.45) is 0.574. The second-order valence-corrected chi connectivity index (χ2v) is 9.15. The lowest BCUT2D eigenvalue weighted by Crippen LogP contribution is -2.32. The van der Waals surface area contributed by atoms with E-state index in [-0.39, 0.29) is 35.1 Å². The predicted octanol–water partition coefficient (Wildman–Crippen LogP) is 3.08. The van der Waals surface area contributed by atoms with Crippen molar-refractivity contribution in [1.82, 2.24) is 0 Å². The normalized spacial score (nSPS) is 18.2. The fraction of sp³-hybridized carbons (Fsp3) is 0.316. The van der Waals surface area contributed by atoms with Crippen LogP contribution in [0.5, 0.6) is 5.75 Å². The van der Waals surface area contributed by atoms with Crippen LogP contribution in [0.3, 0.4) is 0 Å². The lowest BCUT2D eigenvalue weighted by molar-refractivity contribution is -0.115. The standard InChI is InChI=1S/C19H19FN2O4S/c1-19(2)11-12-4-3-5-16(18(12)26-19)27(24,25)22-9-8-17(23)21-14-10-13(20)6-7-15(14)22/h3-7,10H,8-9,11H2,1-2H3,(H,21,23). The number of amides is 1. The number of nitrogens with one attached hydrogen (secondary N) is 1. The number of carbonyl (C=O) groups excluding carboxylic acids is 1. The molecule has 0 saturated heterocycles. The molecule has 4 rings (SSSR count). The average Bonchev–Trinajstić information content (AvgIpc) is 2.79. The number of carbonyl (C=O) groups is 1. The Morgan fingerprint density at radius 2 is 2.00 bits per heavy atom. The maximum absolute atomic E-state index is 13.6. The van der Waals surface area contributed by atoms with Crippen molar-refractivity contribution in [3.63, 3.8) is 0 Å². The van der Waals surface area contributed by atoms with Gasteiger partial charge in [0, 0.05) is 19.4 Å². The number of nitrogens with zero attached hydrogens (tertiary/aromatic N) is 1. The average molecular weight is 390 g/mol. The van der Waals surface area contributed by atoms with Crippen molar-refractivity contribution in [3.05, 3.63) is 47.8 Å². The van der Waals surface area contributed by atoms with Crippen LogP contribution in [0.15, 0.2) is 41.3 Å². The first kappa shape index (κ1) is 17.8. The van der Waals surface area contributed by atoms with Crippen LogP contribution in [0.1, 0.15) is 25.8 Å². The summed E-state index contributed by atoms with van der Waals surface area (Å²) in [5.41, 5.74) is 0.696. The van der Waals surface area contributed by atoms with Crippen LogP contribution >= 0.6 is 0 Å². The minimum absolute atomic E-state index is 0.0308. The Balaban J connectivity index is 1.85. The number of rotatable bonds is 2. The second kappa shape index (κ2) is 5.95. The molecule has 2 aliphatic heterocycles. The van der Waals surface area contributed by atoms with E-state index in [1.54, 1.807) is 6.07 Å². The molecule has 2 heterocycles. The Morgan fingerprint density at radius 3 is 2.78 bits per heavy atom. The third-order valence-electron chi connectivity index (χ3n) is 4.67. The van der Waals surface area contributed by atoms with Gasteiger partial charge in [-0.1, -0.05) is 12.1 Å². The summed E-state index contributed by atoms with van der Waals surface area (Å²) >= 11 is 0. The Labute approximate surface area is 157 Å². The quantitative estimate of drug-likeness (QED) is 0.855. The molecule has 1 N–H and O–H groups in total. The Morgan fingerprint density at radius 1 is 1.22 bits per heavy atom. The third-order valence-corrected chi connectivity index (χ3v) is 6.50. The van der Waals surface area contributed by atoms with Gasteiger partial charge in [-0.05, 0) is 43.7 Å². The summed E-state index contributed by atoms with van der Waals surface area (Å²) in [7, 11) is -4.02. The summed E-state index contributed by atoms with van der Waals surface area (Å²) in [5, 5.41) is 2.57. The molecule has 0 atom stereocenters. The van der Waals surface area contributed by atoms with Crippen molar-refractivity contribution in [2.45, 2.75) is 37.2 Å². The molecule has 2 aromatic rings. The largest absolute Gasteiger partial charge is 0.486 e. The molecule has 6 nitrogen and oxygen atoms in total. The third kappa shape index (κ3) is 3.03. The van der Waals surface area contributed by atoms with E-state index < -0.39 is 21.4 Å². The van der Waals surface area contributed by atoms with E-state index in [1.807, 2.05) is 19.9 Å². The topological polar surface area (TPSA) is 75.7 Å². The molecular weight excluding hydrogens is 371 g/mol. The Hall–Kier alpha value is -2.61. The Kier molecular flexibility index (Phi) is 3.92. The van der Waals surface area contributed by atoms with Crippen LogP contribution in [0.2, 0.25) is 0 Å². The van der Waals surface area contributed by atoms with Crippen molar-refractivity contribution in [3.8, 4) is 5.75 Å². The van der Waals surface area contributed by atoms with E-state index >= 15 is 0 Å². The SMILES string of the molecule is CC1(C)Cc2cccc(S(=O)(=O)N3CCC(=O)Nc4cc(F)ccc43)c2O1. The van der Waals surface area contributed by atoms with Crippen LogP contribution < -0.4 is 14.4 Å². The Bertz CT molecular complexity index is 1050. The number of fused-ring (bicyclic) bond motifs is 2. The predicted molar refractivity (Wildman–Crippen MR) is 99.0 cm³/mol. The van der Waals surface area contributed by atoms with Crippen molar-refractivity contribution < 1.29 is 22.3 Å². The second-order valence-electron chi connectivity index (χ2n) is 7.32. The number of benzene rings is 2. The monoisotopic (exact) mass is 390 g/mol. The van der Waals surface area contributed by atoms with Gasteiger partial charge in [0.1, 0.15) is 22.1 Å². The molecule has 0 spiro atoms. The molecule has 142 valence electrons. The fourth-order valence-corrected chi connectivity index (χ4v) is 5.17. The molecule has 2 aliphatic rings. The lowest BCUT2D eigenvalue weighted by Gasteiger charge is -2.25. The van der Waals surface area contributed by atoms with Crippen LogP contribution in [-0.4, -0.2) is 26.5 Å². The van der Waals surface area contributed by atoms with Gasteiger partial charge in [0.25, 0.3) is 10.0 Å². The van der Waals surface area contributed by atoms with Gasteiger partial charge in [0.05, 0.1) is 11.4 Å². The van der Waals surface area contributed by atoms with Crippen molar-refractivity contribution in [2.75, 3.05) is 16.2 Å². The van der Waals surface area contributed by atoms with E-state index in [0.29, 0.717) is 12.2 Å². The van der Waals surface area contributed by atoms with E-state index in [9.17, 15) is 17.6 Å². The van der Waals surface area contributed by atoms with Crippen LogP contribution in [0.4, 0.5) is 15.8 Å². The van der Waals surface area contributed by atoms with Crippen molar-refractivity contribution in [1.29, 1.82) is 0 Å². The molecule has 0 aliphatic carbocycles. The van der Waals surface area contributed by atoms with Gasteiger partial charge in [-0.2, -0.15) is 0 Å². The number of para-hydroxylation sites is 1. The summed E-state index contributed by atoms with van der Waals surface area (Å²) in [4.78, 5) is 12.0. The molecule has 0 radical (unpaired) electrons. The molecule has 0 unspecified atom stereocenters. The molecular formula is C19H19FN2O4S. The minimum atomic E-state index is -4.02. The highest BCUT2D eigenvalue weighted by Gasteiger charge is 2.38. The van der Waals surface area contributed by atoms with Gasteiger partial charge in [0.15, 0.2) is 0 Å². The zero-order valence-electron chi connectivity index (χ0n) is 15.0.